The standard InChI is InChI=1S/C15H17Cl2NO3/c1-3-6-15(2,14(20)21)18-13(19)5-4-10-7-11(16)9-12(17)8-10/h4-5,7-9H,3,6H2,1-2H3,(H,18,19)(H,20,21)/b5-4+. The fourth-order valence-electron chi connectivity index (χ4n) is 1.88. The lowest BCUT2D eigenvalue weighted by Crippen LogP contribution is -2.51. The topological polar surface area (TPSA) is 66.4 Å². The van der Waals surface area contributed by atoms with Crippen molar-refractivity contribution in [2.24, 2.45) is 0 Å². The third-order valence-electron chi connectivity index (χ3n) is 2.93. The number of hydrogen-bond acceptors (Lipinski definition) is 2. The highest BCUT2D eigenvalue weighted by molar-refractivity contribution is 6.34. The Hall–Kier alpha value is -1.52. The highest BCUT2D eigenvalue weighted by Gasteiger charge is 2.33. The molecule has 114 valence electrons. The number of nitrogens with one attached hydrogen (secondary N) is 1. The van der Waals surface area contributed by atoms with Crippen LogP contribution in [-0.4, -0.2) is 22.5 Å². The largest absolute Gasteiger partial charge is 0.480 e. The van der Waals surface area contributed by atoms with Crippen molar-refractivity contribution in [3.63, 3.8) is 0 Å². The minimum Gasteiger partial charge on any atom is -0.480 e. The van der Waals surface area contributed by atoms with Gasteiger partial charge in [-0.15, -0.1) is 0 Å². The van der Waals surface area contributed by atoms with E-state index < -0.39 is 17.4 Å². The summed E-state index contributed by atoms with van der Waals surface area (Å²) in [5.74, 6) is -1.54. The van der Waals surface area contributed by atoms with Crippen LogP contribution >= 0.6 is 23.2 Å². The van der Waals surface area contributed by atoms with E-state index in [9.17, 15) is 14.7 Å². The Morgan fingerprint density at radius 2 is 1.86 bits per heavy atom. The molecule has 1 rings (SSSR count). The molecule has 2 N–H and O–H groups in total. The number of carboxylic acids is 1. The lowest BCUT2D eigenvalue weighted by molar-refractivity contribution is -0.146. The van der Waals surface area contributed by atoms with E-state index in [1.807, 2.05) is 6.92 Å². The molecule has 0 aliphatic rings. The Bertz CT molecular complexity index is 552. The van der Waals surface area contributed by atoms with Gasteiger partial charge in [-0.1, -0.05) is 36.5 Å². The van der Waals surface area contributed by atoms with Crippen LogP contribution in [0.1, 0.15) is 32.3 Å². The van der Waals surface area contributed by atoms with Gasteiger partial charge in [0.05, 0.1) is 0 Å². The Kier molecular flexibility index (Phi) is 6.24. The molecule has 0 heterocycles. The first-order valence-corrected chi connectivity index (χ1v) is 7.22. The number of carbonyl (C=O) groups is 2. The van der Waals surface area contributed by atoms with E-state index >= 15 is 0 Å². The number of carboxylic acid groups (broad SMARTS) is 1. The number of aliphatic carboxylic acids is 1. The Morgan fingerprint density at radius 3 is 2.33 bits per heavy atom. The van der Waals surface area contributed by atoms with Gasteiger partial charge in [-0.3, -0.25) is 4.79 Å². The fourth-order valence-corrected chi connectivity index (χ4v) is 2.42. The number of amides is 1. The molecule has 1 amide bonds. The molecule has 0 aliphatic heterocycles. The maximum atomic E-state index is 11.9. The molecule has 6 heteroatoms. The number of rotatable bonds is 6. The van der Waals surface area contributed by atoms with E-state index in [0.717, 1.165) is 0 Å². The quantitative estimate of drug-likeness (QED) is 0.781. The van der Waals surface area contributed by atoms with Crippen LogP contribution in [0.5, 0.6) is 0 Å². The van der Waals surface area contributed by atoms with E-state index in [2.05, 4.69) is 5.32 Å². The van der Waals surface area contributed by atoms with Crippen molar-refractivity contribution in [1.29, 1.82) is 0 Å². The van der Waals surface area contributed by atoms with Crippen molar-refractivity contribution in [3.05, 3.63) is 39.9 Å². The minimum absolute atomic E-state index is 0.352. The van der Waals surface area contributed by atoms with Gasteiger partial charge in [0.1, 0.15) is 5.54 Å². The Labute approximate surface area is 133 Å². The first-order chi connectivity index (χ1) is 9.76. The van der Waals surface area contributed by atoms with E-state index in [1.165, 1.54) is 19.1 Å². The zero-order valence-corrected chi connectivity index (χ0v) is 13.3. The van der Waals surface area contributed by atoms with Gasteiger partial charge in [0, 0.05) is 16.1 Å². The summed E-state index contributed by atoms with van der Waals surface area (Å²) < 4.78 is 0. The predicted octanol–water partition coefficient (Wildman–Crippen LogP) is 3.77. The second-order valence-corrected chi connectivity index (χ2v) is 5.79. The number of hydrogen-bond donors (Lipinski definition) is 2. The summed E-state index contributed by atoms with van der Waals surface area (Å²) >= 11 is 11.7. The summed E-state index contributed by atoms with van der Waals surface area (Å²) in [4.78, 5) is 23.1. The molecule has 1 aromatic rings. The van der Waals surface area contributed by atoms with Crippen molar-refractivity contribution in [1.82, 2.24) is 5.32 Å². The van der Waals surface area contributed by atoms with Gasteiger partial charge in [0.25, 0.3) is 0 Å². The minimum atomic E-state index is -1.28. The highest BCUT2D eigenvalue weighted by atomic mass is 35.5. The first kappa shape index (κ1) is 17.5. The molecule has 4 nitrogen and oxygen atoms in total. The maximum Gasteiger partial charge on any atom is 0.329 e. The monoisotopic (exact) mass is 329 g/mol. The molecule has 0 bridgehead atoms. The van der Waals surface area contributed by atoms with Crippen molar-refractivity contribution in [2.75, 3.05) is 0 Å². The van der Waals surface area contributed by atoms with Crippen LogP contribution in [0.2, 0.25) is 10.0 Å². The summed E-state index contributed by atoms with van der Waals surface area (Å²) in [6.07, 6.45) is 3.79. The van der Waals surface area contributed by atoms with E-state index in [1.54, 1.807) is 18.2 Å². The second-order valence-electron chi connectivity index (χ2n) is 4.91. The van der Waals surface area contributed by atoms with Crippen LogP contribution in [0.25, 0.3) is 6.08 Å². The van der Waals surface area contributed by atoms with Gasteiger partial charge in [-0.25, -0.2) is 4.79 Å². The van der Waals surface area contributed by atoms with Crippen LogP contribution < -0.4 is 5.32 Å². The number of carbonyl (C=O) groups excluding carboxylic acids is 1. The number of halogens is 2. The van der Waals surface area contributed by atoms with Crippen molar-refractivity contribution >= 4 is 41.2 Å². The van der Waals surface area contributed by atoms with Crippen LogP contribution in [0, 0.1) is 0 Å². The first-order valence-electron chi connectivity index (χ1n) is 6.46. The average molecular weight is 330 g/mol. The molecule has 1 aromatic carbocycles. The summed E-state index contributed by atoms with van der Waals surface area (Å²) in [7, 11) is 0. The van der Waals surface area contributed by atoms with E-state index in [-0.39, 0.29) is 0 Å². The summed E-state index contributed by atoms with van der Waals surface area (Å²) in [6.45, 7) is 3.35. The van der Waals surface area contributed by atoms with Crippen LogP contribution in [0.15, 0.2) is 24.3 Å². The van der Waals surface area contributed by atoms with Crippen LogP contribution in [0.4, 0.5) is 0 Å². The van der Waals surface area contributed by atoms with Gasteiger partial charge >= 0.3 is 5.97 Å². The third-order valence-corrected chi connectivity index (χ3v) is 3.37. The van der Waals surface area contributed by atoms with Crippen molar-refractivity contribution in [3.8, 4) is 0 Å². The van der Waals surface area contributed by atoms with Gasteiger partial charge in [-0.2, -0.15) is 0 Å². The number of benzene rings is 1. The van der Waals surface area contributed by atoms with Gasteiger partial charge < -0.3 is 10.4 Å². The molecular weight excluding hydrogens is 313 g/mol. The lowest BCUT2D eigenvalue weighted by Gasteiger charge is -2.24. The van der Waals surface area contributed by atoms with Crippen molar-refractivity contribution in [2.45, 2.75) is 32.2 Å². The highest BCUT2D eigenvalue weighted by Crippen LogP contribution is 2.20. The summed E-state index contributed by atoms with van der Waals surface area (Å²) in [6, 6.07) is 4.89. The second kappa shape index (κ2) is 7.48. The molecule has 0 spiro atoms. The molecular formula is C15H17Cl2NO3. The van der Waals surface area contributed by atoms with Gasteiger partial charge in [0.2, 0.25) is 5.91 Å². The lowest BCUT2D eigenvalue weighted by atomic mass is 9.96. The Balaban J connectivity index is 2.80. The molecule has 1 atom stereocenters. The molecule has 1 unspecified atom stereocenters. The summed E-state index contributed by atoms with van der Waals surface area (Å²) in [5.41, 5.74) is -0.613. The van der Waals surface area contributed by atoms with Gasteiger partial charge in [0.15, 0.2) is 0 Å². The van der Waals surface area contributed by atoms with E-state index in [4.69, 9.17) is 23.2 Å². The SMILES string of the molecule is CCCC(C)(NC(=O)/C=C/c1cc(Cl)cc(Cl)c1)C(=O)O. The van der Waals surface area contributed by atoms with Crippen LogP contribution in [-0.2, 0) is 9.59 Å². The normalized spacial score (nSPS) is 13.9. The molecule has 21 heavy (non-hydrogen) atoms. The van der Waals surface area contributed by atoms with Crippen LogP contribution in [0.3, 0.4) is 0 Å². The van der Waals surface area contributed by atoms with Gasteiger partial charge in [-0.05, 0) is 43.2 Å². The smallest absolute Gasteiger partial charge is 0.329 e. The molecule has 0 fully saturated rings. The fraction of sp³-hybridized carbons (Fsp3) is 0.333. The molecule has 0 aliphatic carbocycles. The molecule has 0 aromatic heterocycles. The zero-order valence-electron chi connectivity index (χ0n) is 11.8. The molecule has 0 radical (unpaired) electrons. The third kappa shape index (κ3) is 5.40. The summed E-state index contributed by atoms with van der Waals surface area (Å²) in [5, 5.41) is 12.6. The molecule has 0 saturated heterocycles. The zero-order chi connectivity index (χ0) is 16.0. The Morgan fingerprint density at radius 1 is 1.29 bits per heavy atom. The maximum absolute atomic E-state index is 11.9. The van der Waals surface area contributed by atoms with E-state index in [0.29, 0.717) is 28.5 Å². The predicted molar refractivity (Wildman–Crippen MR) is 84.6 cm³/mol. The molecule has 0 saturated carbocycles. The average Bonchev–Trinajstić information content (AvgIpc) is 2.35. The van der Waals surface area contributed by atoms with Crippen molar-refractivity contribution < 1.29 is 14.7 Å².